The Hall–Kier alpha value is -1.56. The number of hydrogen-bond donors (Lipinski definition) is 0. The molecule has 1 rings (SSSR count). The molecule has 0 atom stereocenters. The van der Waals surface area contributed by atoms with Gasteiger partial charge in [0.2, 0.25) is 0 Å². The van der Waals surface area contributed by atoms with Crippen LogP contribution < -0.4 is 0 Å². The number of aryl methyl sites for hydroxylation is 1. The lowest BCUT2D eigenvalue weighted by atomic mass is 9.92. The van der Waals surface area contributed by atoms with E-state index in [1.165, 1.54) is 27.8 Å². The Labute approximate surface area is 105 Å². The van der Waals surface area contributed by atoms with Crippen molar-refractivity contribution in [2.24, 2.45) is 0 Å². The van der Waals surface area contributed by atoms with E-state index in [1.807, 2.05) is 6.08 Å². The standard InChI is InChI=1S/C17H22/c1-6-10-16(13(4)7-2)17-12-9-11-15(8-3)14(17)5/h6-7,9-12H,2,8H2,1,3-5H3/b10-6-,16-13+. The van der Waals surface area contributed by atoms with E-state index >= 15 is 0 Å². The molecule has 0 nitrogen and oxygen atoms in total. The van der Waals surface area contributed by atoms with Gasteiger partial charge in [-0.25, -0.2) is 0 Å². The van der Waals surface area contributed by atoms with Gasteiger partial charge < -0.3 is 0 Å². The second kappa shape index (κ2) is 6.24. The van der Waals surface area contributed by atoms with Crippen molar-refractivity contribution in [2.75, 3.05) is 0 Å². The molecule has 0 spiro atoms. The minimum absolute atomic E-state index is 1.08. The Morgan fingerprint density at radius 2 is 2.06 bits per heavy atom. The van der Waals surface area contributed by atoms with Gasteiger partial charge in [-0.3, -0.25) is 0 Å². The highest BCUT2D eigenvalue weighted by atomic mass is 14.1. The lowest BCUT2D eigenvalue weighted by Crippen LogP contribution is -1.94. The molecular weight excluding hydrogens is 204 g/mol. The Kier molecular flexibility index (Phi) is 4.96. The van der Waals surface area contributed by atoms with E-state index in [0.29, 0.717) is 0 Å². The zero-order valence-corrected chi connectivity index (χ0v) is 11.4. The van der Waals surface area contributed by atoms with Crippen LogP contribution in [0.15, 0.2) is 48.6 Å². The smallest absolute Gasteiger partial charge is 0.0149 e. The summed E-state index contributed by atoms with van der Waals surface area (Å²) < 4.78 is 0. The van der Waals surface area contributed by atoms with Gasteiger partial charge in [-0.15, -0.1) is 0 Å². The zero-order chi connectivity index (χ0) is 12.8. The van der Waals surface area contributed by atoms with Crippen molar-refractivity contribution in [1.29, 1.82) is 0 Å². The minimum atomic E-state index is 1.08. The van der Waals surface area contributed by atoms with Crippen LogP contribution in [0.25, 0.3) is 5.57 Å². The summed E-state index contributed by atoms with van der Waals surface area (Å²) in [7, 11) is 0. The predicted octanol–water partition coefficient (Wildman–Crippen LogP) is 5.09. The van der Waals surface area contributed by atoms with Gasteiger partial charge in [0.05, 0.1) is 0 Å². The molecule has 0 N–H and O–H groups in total. The molecule has 0 heteroatoms. The summed E-state index contributed by atoms with van der Waals surface area (Å²) in [6, 6.07) is 6.53. The fourth-order valence-corrected chi connectivity index (χ4v) is 2.07. The van der Waals surface area contributed by atoms with E-state index in [-0.39, 0.29) is 0 Å². The first kappa shape index (κ1) is 13.5. The van der Waals surface area contributed by atoms with Gasteiger partial charge in [0.25, 0.3) is 0 Å². The Bertz CT molecular complexity index is 459. The van der Waals surface area contributed by atoms with E-state index in [1.54, 1.807) is 0 Å². The van der Waals surface area contributed by atoms with Crippen LogP contribution in [0.1, 0.15) is 37.5 Å². The van der Waals surface area contributed by atoms with Gasteiger partial charge >= 0.3 is 0 Å². The van der Waals surface area contributed by atoms with Crippen molar-refractivity contribution in [3.63, 3.8) is 0 Å². The molecule has 0 aliphatic rings. The molecule has 0 amide bonds. The molecule has 90 valence electrons. The van der Waals surface area contributed by atoms with Crippen LogP contribution in [-0.2, 0) is 6.42 Å². The van der Waals surface area contributed by atoms with E-state index in [9.17, 15) is 0 Å². The Morgan fingerprint density at radius 1 is 1.35 bits per heavy atom. The third-order valence-electron chi connectivity index (χ3n) is 3.18. The minimum Gasteiger partial charge on any atom is -0.0988 e. The van der Waals surface area contributed by atoms with Crippen molar-refractivity contribution in [1.82, 2.24) is 0 Å². The lowest BCUT2D eigenvalue weighted by molar-refractivity contribution is 1.10. The average Bonchev–Trinajstić information content (AvgIpc) is 2.36. The zero-order valence-electron chi connectivity index (χ0n) is 11.4. The summed E-state index contributed by atoms with van der Waals surface area (Å²) in [4.78, 5) is 0. The van der Waals surface area contributed by atoms with Crippen LogP contribution >= 0.6 is 0 Å². The third-order valence-corrected chi connectivity index (χ3v) is 3.18. The molecule has 0 aliphatic carbocycles. The second-order valence-electron chi connectivity index (χ2n) is 4.24. The van der Waals surface area contributed by atoms with E-state index in [0.717, 1.165) is 6.42 Å². The van der Waals surface area contributed by atoms with Crippen molar-refractivity contribution in [3.05, 3.63) is 65.3 Å². The van der Waals surface area contributed by atoms with Gasteiger partial charge in [0.1, 0.15) is 0 Å². The molecule has 0 saturated carbocycles. The van der Waals surface area contributed by atoms with Crippen LogP contribution in [0.3, 0.4) is 0 Å². The van der Waals surface area contributed by atoms with E-state index < -0.39 is 0 Å². The maximum Gasteiger partial charge on any atom is -0.0149 e. The van der Waals surface area contributed by atoms with Gasteiger partial charge in [-0.2, -0.15) is 0 Å². The van der Waals surface area contributed by atoms with Crippen LogP contribution in [0.2, 0.25) is 0 Å². The number of allylic oxidation sites excluding steroid dienone is 5. The molecule has 0 aliphatic heterocycles. The lowest BCUT2D eigenvalue weighted by Gasteiger charge is -2.13. The summed E-state index contributed by atoms with van der Waals surface area (Å²) in [6.07, 6.45) is 7.25. The van der Waals surface area contributed by atoms with Crippen molar-refractivity contribution >= 4 is 5.57 Å². The molecule has 0 radical (unpaired) electrons. The first-order valence-corrected chi connectivity index (χ1v) is 6.20. The number of benzene rings is 1. The molecule has 0 saturated heterocycles. The topological polar surface area (TPSA) is 0 Å². The van der Waals surface area contributed by atoms with Crippen molar-refractivity contribution in [2.45, 2.75) is 34.1 Å². The summed E-state index contributed by atoms with van der Waals surface area (Å²) in [5.41, 5.74) is 6.61. The SMILES string of the molecule is C=C/C(C)=C(\C=C/C)c1cccc(CC)c1C. The van der Waals surface area contributed by atoms with Gasteiger partial charge in [-0.05, 0) is 55.0 Å². The van der Waals surface area contributed by atoms with Gasteiger partial charge in [-0.1, -0.05) is 49.9 Å². The molecular formula is C17H22. The summed E-state index contributed by atoms with van der Waals surface area (Å²) in [6.45, 7) is 12.4. The largest absolute Gasteiger partial charge is 0.0988 e. The van der Waals surface area contributed by atoms with Gasteiger partial charge in [0.15, 0.2) is 0 Å². The normalized spacial score (nSPS) is 12.7. The molecule has 0 bridgehead atoms. The number of rotatable bonds is 4. The highest BCUT2D eigenvalue weighted by Crippen LogP contribution is 2.26. The Morgan fingerprint density at radius 3 is 2.59 bits per heavy atom. The van der Waals surface area contributed by atoms with Crippen molar-refractivity contribution in [3.8, 4) is 0 Å². The average molecular weight is 226 g/mol. The molecule has 17 heavy (non-hydrogen) atoms. The van der Waals surface area contributed by atoms with Crippen LogP contribution in [-0.4, -0.2) is 0 Å². The van der Waals surface area contributed by atoms with Gasteiger partial charge in [0, 0.05) is 0 Å². The van der Waals surface area contributed by atoms with Crippen LogP contribution in [0, 0.1) is 6.92 Å². The maximum atomic E-state index is 3.87. The van der Waals surface area contributed by atoms with E-state index in [2.05, 4.69) is 64.6 Å². The number of hydrogen-bond acceptors (Lipinski definition) is 0. The van der Waals surface area contributed by atoms with Crippen molar-refractivity contribution < 1.29 is 0 Å². The molecule has 0 unspecified atom stereocenters. The summed E-state index contributed by atoms with van der Waals surface area (Å²) >= 11 is 0. The van der Waals surface area contributed by atoms with E-state index in [4.69, 9.17) is 0 Å². The summed E-state index contributed by atoms with van der Waals surface area (Å²) in [5.74, 6) is 0. The fraction of sp³-hybridized carbons (Fsp3) is 0.294. The molecule has 0 heterocycles. The molecule has 0 aromatic heterocycles. The predicted molar refractivity (Wildman–Crippen MR) is 78.2 cm³/mol. The molecule has 1 aromatic rings. The molecule has 1 aromatic carbocycles. The van der Waals surface area contributed by atoms with Crippen LogP contribution in [0.4, 0.5) is 0 Å². The monoisotopic (exact) mass is 226 g/mol. The maximum absolute atomic E-state index is 3.87. The Balaban J connectivity index is 3.44. The highest BCUT2D eigenvalue weighted by molar-refractivity contribution is 5.80. The third kappa shape index (κ3) is 2.97. The van der Waals surface area contributed by atoms with Crippen LogP contribution in [0.5, 0.6) is 0 Å². The highest BCUT2D eigenvalue weighted by Gasteiger charge is 2.07. The summed E-state index contributed by atoms with van der Waals surface area (Å²) in [5, 5.41) is 0. The second-order valence-corrected chi connectivity index (χ2v) is 4.24. The molecule has 0 fully saturated rings. The first-order valence-electron chi connectivity index (χ1n) is 6.20. The quantitative estimate of drug-likeness (QED) is 0.627. The fourth-order valence-electron chi connectivity index (χ4n) is 2.07. The first-order chi connectivity index (χ1) is 8.15.